The highest BCUT2D eigenvalue weighted by atomic mass is 16.5. The molecule has 0 unspecified atom stereocenters. The summed E-state index contributed by atoms with van der Waals surface area (Å²) in [6.45, 7) is 4.05. The van der Waals surface area contributed by atoms with Crippen LogP contribution in [0.3, 0.4) is 0 Å². The van der Waals surface area contributed by atoms with Crippen LogP contribution in [-0.4, -0.2) is 22.5 Å². The number of H-pyrrole nitrogens is 1. The first-order valence-corrected chi connectivity index (χ1v) is 6.25. The van der Waals surface area contributed by atoms with Crippen LogP contribution in [0.4, 0.5) is 0 Å². The predicted molar refractivity (Wildman–Crippen MR) is 74.3 cm³/mol. The van der Waals surface area contributed by atoms with Crippen molar-refractivity contribution in [1.29, 1.82) is 0 Å². The number of aromatic amines is 1. The third-order valence-electron chi connectivity index (χ3n) is 3.26. The van der Waals surface area contributed by atoms with Gasteiger partial charge < -0.3 is 9.72 Å². The van der Waals surface area contributed by atoms with Gasteiger partial charge in [0.15, 0.2) is 5.69 Å². The number of fused-ring (bicyclic) bond motifs is 3. The van der Waals surface area contributed by atoms with Gasteiger partial charge in [0, 0.05) is 16.3 Å². The monoisotopic (exact) mass is 254 g/mol. The first-order valence-electron chi connectivity index (χ1n) is 6.25. The molecule has 4 nitrogen and oxygen atoms in total. The van der Waals surface area contributed by atoms with E-state index in [1.807, 2.05) is 31.2 Å². The molecule has 0 saturated heterocycles. The van der Waals surface area contributed by atoms with Gasteiger partial charge in [0.2, 0.25) is 0 Å². The summed E-state index contributed by atoms with van der Waals surface area (Å²) >= 11 is 0. The number of carbonyl (C=O) groups excluding carboxylic acids is 1. The van der Waals surface area contributed by atoms with E-state index in [1.54, 1.807) is 13.1 Å². The molecule has 2 aromatic heterocycles. The molecule has 0 radical (unpaired) electrons. The first kappa shape index (κ1) is 11.7. The van der Waals surface area contributed by atoms with E-state index < -0.39 is 0 Å². The molecular weight excluding hydrogens is 240 g/mol. The highest BCUT2D eigenvalue weighted by Crippen LogP contribution is 2.28. The summed E-state index contributed by atoms with van der Waals surface area (Å²) in [7, 11) is 0. The van der Waals surface area contributed by atoms with Crippen LogP contribution in [0, 0.1) is 6.92 Å². The number of aromatic nitrogens is 2. The number of aryl methyl sites for hydroxylation is 1. The molecule has 2 heterocycles. The molecular formula is C15H14N2O2. The summed E-state index contributed by atoms with van der Waals surface area (Å²) in [6, 6.07) is 8.02. The fraction of sp³-hybridized carbons (Fsp3) is 0.200. The molecule has 96 valence electrons. The Bertz CT molecular complexity index is 774. The summed E-state index contributed by atoms with van der Waals surface area (Å²) in [5.74, 6) is -0.368. The van der Waals surface area contributed by atoms with E-state index in [1.165, 1.54) is 0 Å². The van der Waals surface area contributed by atoms with Crippen LogP contribution in [0.1, 0.15) is 23.0 Å². The number of nitrogens with one attached hydrogen (secondary N) is 1. The minimum absolute atomic E-state index is 0.353. The number of hydrogen-bond acceptors (Lipinski definition) is 3. The number of ether oxygens (including phenoxy) is 1. The van der Waals surface area contributed by atoms with E-state index in [0.717, 1.165) is 27.4 Å². The summed E-state index contributed by atoms with van der Waals surface area (Å²) in [5.41, 5.74) is 3.22. The lowest BCUT2D eigenvalue weighted by Gasteiger charge is -2.05. The number of carbonyl (C=O) groups is 1. The first-order chi connectivity index (χ1) is 9.22. The van der Waals surface area contributed by atoms with Crippen molar-refractivity contribution >= 4 is 27.8 Å². The average molecular weight is 254 g/mol. The van der Waals surface area contributed by atoms with Crippen molar-refractivity contribution in [3.8, 4) is 0 Å². The van der Waals surface area contributed by atoms with Crippen molar-refractivity contribution in [2.75, 3.05) is 6.61 Å². The fourth-order valence-corrected chi connectivity index (χ4v) is 2.41. The lowest BCUT2D eigenvalue weighted by molar-refractivity contribution is 0.0519. The third-order valence-corrected chi connectivity index (χ3v) is 3.26. The molecule has 0 aliphatic rings. The van der Waals surface area contributed by atoms with Crippen LogP contribution < -0.4 is 0 Å². The second-order valence-corrected chi connectivity index (χ2v) is 4.41. The molecule has 3 aromatic rings. The highest BCUT2D eigenvalue weighted by molar-refractivity contribution is 6.10. The Hall–Kier alpha value is -2.36. The molecule has 1 N–H and O–H groups in total. The van der Waals surface area contributed by atoms with Crippen LogP contribution in [0.5, 0.6) is 0 Å². The number of para-hydroxylation sites is 1. The number of hydrogen-bond donors (Lipinski definition) is 1. The molecule has 4 heteroatoms. The molecule has 3 rings (SSSR count). The summed E-state index contributed by atoms with van der Waals surface area (Å²) in [5, 5.41) is 2.14. The van der Waals surface area contributed by atoms with E-state index in [2.05, 4.69) is 9.97 Å². The molecule has 0 saturated carbocycles. The van der Waals surface area contributed by atoms with Gasteiger partial charge in [-0.05, 0) is 25.5 Å². The van der Waals surface area contributed by atoms with Gasteiger partial charge in [0.25, 0.3) is 0 Å². The molecule has 0 atom stereocenters. The minimum atomic E-state index is -0.368. The maximum absolute atomic E-state index is 11.9. The van der Waals surface area contributed by atoms with E-state index in [4.69, 9.17) is 4.74 Å². The lowest BCUT2D eigenvalue weighted by Crippen LogP contribution is -2.09. The largest absolute Gasteiger partial charge is 0.461 e. The second kappa shape index (κ2) is 4.39. The topological polar surface area (TPSA) is 55.0 Å². The van der Waals surface area contributed by atoms with Gasteiger partial charge in [-0.2, -0.15) is 0 Å². The molecule has 0 aliphatic heterocycles. The standard InChI is InChI=1S/C15H14N2O2/c1-3-19-15(18)14-9(2)13-10-6-4-5-7-11(10)17-12(13)8-16-14/h4-8,17H,3H2,1-2H3. The normalized spacial score (nSPS) is 11.1. The van der Waals surface area contributed by atoms with Crippen LogP contribution in [0.15, 0.2) is 30.5 Å². The van der Waals surface area contributed by atoms with Crippen LogP contribution in [-0.2, 0) is 4.74 Å². The van der Waals surface area contributed by atoms with E-state index in [0.29, 0.717) is 12.3 Å². The fourth-order valence-electron chi connectivity index (χ4n) is 2.41. The maximum Gasteiger partial charge on any atom is 0.357 e. The minimum Gasteiger partial charge on any atom is -0.461 e. The SMILES string of the molecule is CCOC(=O)c1ncc2[nH]c3ccccc3c2c1C. The number of benzene rings is 1. The lowest BCUT2D eigenvalue weighted by atomic mass is 10.1. The average Bonchev–Trinajstić information content (AvgIpc) is 2.78. The summed E-state index contributed by atoms with van der Waals surface area (Å²) in [6.07, 6.45) is 1.69. The quantitative estimate of drug-likeness (QED) is 0.714. The molecule has 0 spiro atoms. The zero-order valence-electron chi connectivity index (χ0n) is 10.9. The van der Waals surface area contributed by atoms with E-state index >= 15 is 0 Å². The van der Waals surface area contributed by atoms with Gasteiger partial charge in [0.05, 0.1) is 18.3 Å². The van der Waals surface area contributed by atoms with Crippen molar-refractivity contribution in [3.63, 3.8) is 0 Å². The summed E-state index contributed by atoms with van der Waals surface area (Å²) in [4.78, 5) is 19.4. The van der Waals surface area contributed by atoms with Crippen molar-refractivity contribution in [3.05, 3.63) is 41.7 Å². The molecule has 1 aromatic carbocycles. The molecule has 0 amide bonds. The Morgan fingerprint density at radius 3 is 2.89 bits per heavy atom. The van der Waals surface area contributed by atoms with Gasteiger partial charge in [-0.15, -0.1) is 0 Å². The van der Waals surface area contributed by atoms with Gasteiger partial charge in [-0.25, -0.2) is 9.78 Å². The Balaban J connectivity index is 2.31. The molecule has 19 heavy (non-hydrogen) atoms. The van der Waals surface area contributed by atoms with Crippen molar-refractivity contribution in [2.24, 2.45) is 0 Å². The van der Waals surface area contributed by atoms with Gasteiger partial charge in [-0.3, -0.25) is 0 Å². The van der Waals surface area contributed by atoms with E-state index in [9.17, 15) is 4.79 Å². The van der Waals surface area contributed by atoms with Crippen molar-refractivity contribution in [2.45, 2.75) is 13.8 Å². The molecule has 0 fully saturated rings. The van der Waals surface area contributed by atoms with Crippen LogP contribution in [0.25, 0.3) is 21.8 Å². The third kappa shape index (κ3) is 1.76. The summed E-state index contributed by atoms with van der Waals surface area (Å²) < 4.78 is 5.03. The van der Waals surface area contributed by atoms with Crippen LogP contribution >= 0.6 is 0 Å². The van der Waals surface area contributed by atoms with Gasteiger partial charge in [0.1, 0.15) is 0 Å². The van der Waals surface area contributed by atoms with Crippen molar-refractivity contribution in [1.82, 2.24) is 9.97 Å². The number of rotatable bonds is 2. The zero-order valence-corrected chi connectivity index (χ0v) is 10.9. The number of pyridine rings is 1. The Morgan fingerprint density at radius 2 is 2.11 bits per heavy atom. The Labute approximate surface area is 110 Å². The number of nitrogens with zero attached hydrogens (tertiary/aromatic N) is 1. The maximum atomic E-state index is 11.9. The van der Waals surface area contributed by atoms with Gasteiger partial charge in [-0.1, -0.05) is 18.2 Å². The van der Waals surface area contributed by atoms with Crippen LogP contribution in [0.2, 0.25) is 0 Å². The van der Waals surface area contributed by atoms with E-state index in [-0.39, 0.29) is 5.97 Å². The smallest absolute Gasteiger partial charge is 0.357 e. The second-order valence-electron chi connectivity index (χ2n) is 4.41. The molecule has 0 aliphatic carbocycles. The van der Waals surface area contributed by atoms with Crippen molar-refractivity contribution < 1.29 is 9.53 Å². The number of esters is 1. The predicted octanol–water partition coefficient (Wildman–Crippen LogP) is 3.20. The Morgan fingerprint density at radius 1 is 1.32 bits per heavy atom. The zero-order chi connectivity index (χ0) is 13.4. The Kier molecular flexibility index (Phi) is 2.71. The van der Waals surface area contributed by atoms with Gasteiger partial charge >= 0.3 is 5.97 Å². The highest BCUT2D eigenvalue weighted by Gasteiger charge is 2.16. The molecule has 0 bridgehead atoms.